The summed E-state index contributed by atoms with van der Waals surface area (Å²) in [6.45, 7) is 10.2. The van der Waals surface area contributed by atoms with E-state index < -0.39 is 20.2 Å². The molecular weight excluding hydrogens is 753 g/mol. The zero-order valence-electron chi connectivity index (χ0n) is 35.1. The highest BCUT2D eigenvalue weighted by Crippen LogP contribution is 2.19. The van der Waals surface area contributed by atoms with E-state index in [0.717, 1.165) is 49.7 Å². The van der Waals surface area contributed by atoms with E-state index in [9.17, 15) is 16.8 Å². The van der Waals surface area contributed by atoms with Crippen molar-refractivity contribution in [2.24, 2.45) is 0 Å². The number of hydrogen-bond acceptors (Lipinski definition) is 10. The fourth-order valence-corrected chi connectivity index (χ4v) is 8.06. The molecule has 322 valence electrons. The van der Waals surface area contributed by atoms with Gasteiger partial charge in [0.2, 0.25) is 0 Å². The largest absolute Gasteiger partial charge is 0.377 e. The summed E-state index contributed by atoms with van der Waals surface area (Å²) in [4.78, 5) is 0.280. The third-order valence-corrected chi connectivity index (χ3v) is 12.3. The van der Waals surface area contributed by atoms with Crippen LogP contribution in [0.2, 0.25) is 0 Å². The second kappa shape index (κ2) is 31.1. The van der Waals surface area contributed by atoms with Crippen LogP contribution in [-0.4, -0.2) is 81.9 Å². The molecule has 0 aliphatic carbocycles. The number of rotatable bonds is 37. The van der Waals surface area contributed by atoms with Gasteiger partial charge in [0, 0.05) is 0 Å². The molecule has 0 spiro atoms. The molecule has 2 atom stereocenters. The maximum absolute atomic E-state index is 12.8. The first-order chi connectivity index (χ1) is 27.1. The van der Waals surface area contributed by atoms with Crippen LogP contribution in [0.4, 0.5) is 0 Å². The Kier molecular flexibility index (Phi) is 27.9. The van der Waals surface area contributed by atoms with E-state index in [1.165, 1.54) is 64.2 Å². The van der Waals surface area contributed by atoms with E-state index in [-0.39, 0.29) is 35.2 Å². The fraction of sp³-hybridized carbons (Fsp3) is 0.727. The third-order valence-electron chi connectivity index (χ3n) is 9.73. The van der Waals surface area contributed by atoms with Crippen LogP contribution in [0.25, 0.3) is 0 Å². The van der Waals surface area contributed by atoms with Crippen molar-refractivity contribution < 1.29 is 44.1 Å². The number of unbranched alkanes of at least 4 members (excludes halogenated alkanes) is 14. The summed E-state index contributed by atoms with van der Waals surface area (Å²) in [7, 11) is -7.76. The molecule has 56 heavy (non-hydrogen) atoms. The summed E-state index contributed by atoms with van der Waals surface area (Å²) in [6.07, 6.45) is 19.6. The van der Waals surface area contributed by atoms with Gasteiger partial charge in [0.25, 0.3) is 20.2 Å². The van der Waals surface area contributed by atoms with E-state index in [1.54, 1.807) is 48.5 Å². The lowest BCUT2D eigenvalue weighted by Gasteiger charge is -2.19. The highest BCUT2D eigenvalue weighted by Gasteiger charge is 2.20. The molecule has 2 rings (SSSR count). The molecule has 0 aliphatic heterocycles. The summed E-state index contributed by atoms with van der Waals surface area (Å²) < 4.78 is 85.6. The number of aryl methyl sites for hydroxylation is 2. The average molecular weight is 827 g/mol. The van der Waals surface area contributed by atoms with Crippen LogP contribution in [0.5, 0.6) is 0 Å². The third kappa shape index (κ3) is 24.1. The molecule has 0 unspecified atom stereocenters. The fourth-order valence-electron chi connectivity index (χ4n) is 6.19. The molecule has 0 saturated carbocycles. The van der Waals surface area contributed by atoms with Crippen molar-refractivity contribution in [2.75, 3.05) is 52.9 Å². The average Bonchev–Trinajstić information content (AvgIpc) is 3.18. The molecule has 0 heterocycles. The first kappa shape index (κ1) is 50.2. The lowest BCUT2D eigenvalue weighted by molar-refractivity contribution is -0.0416. The molecular formula is C44H74O10S2. The molecule has 2 aromatic carbocycles. The topological polar surface area (TPSA) is 124 Å². The predicted molar refractivity (Wildman–Crippen MR) is 224 cm³/mol. The quantitative estimate of drug-likeness (QED) is 0.0480. The Balaban J connectivity index is 1.71. The molecule has 10 nitrogen and oxygen atoms in total. The highest BCUT2D eigenvalue weighted by molar-refractivity contribution is 7.87. The standard InChI is InChI=1S/C44H74O10S2/c1-5-7-9-11-13-15-17-19-21-41(37-53-55(45,46)43-27-23-39(3)24-28-43)51-35-33-49-31-32-50-34-36-52-42(22-20-18-16-14-12-10-8-6-2)38-54-56(47,48)44-29-25-40(4)26-30-44/h23-30,41-42H,5-22,31-38H2,1-4H3/t41-,42-/m0/s1. The summed E-state index contributed by atoms with van der Waals surface area (Å²) >= 11 is 0. The first-order valence-electron chi connectivity index (χ1n) is 21.4. The van der Waals surface area contributed by atoms with Gasteiger partial charge in [0.05, 0.1) is 74.9 Å². The molecule has 0 aliphatic rings. The normalized spacial score (nSPS) is 13.3. The van der Waals surface area contributed by atoms with Gasteiger partial charge in [-0.3, -0.25) is 8.37 Å². The van der Waals surface area contributed by atoms with Crippen LogP contribution in [0.15, 0.2) is 58.3 Å². The Hall–Kier alpha value is -1.90. The Morgan fingerprint density at radius 1 is 0.429 bits per heavy atom. The van der Waals surface area contributed by atoms with Gasteiger partial charge in [-0.05, 0) is 51.0 Å². The Morgan fingerprint density at radius 3 is 1.07 bits per heavy atom. The van der Waals surface area contributed by atoms with Gasteiger partial charge in [0.15, 0.2) is 0 Å². The number of benzene rings is 2. The van der Waals surface area contributed by atoms with Crippen LogP contribution in [-0.2, 0) is 47.5 Å². The second-order valence-electron chi connectivity index (χ2n) is 14.8. The first-order valence-corrected chi connectivity index (χ1v) is 24.2. The summed E-state index contributed by atoms with van der Waals surface area (Å²) in [5.74, 6) is 0. The Labute approximate surface area is 341 Å². The number of hydrogen-bond donors (Lipinski definition) is 0. The van der Waals surface area contributed by atoms with E-state index in [2.05, 4.69) is 13.8 Å². The van der Waals surface area contributed by atoms with Crippen molar-refractivity contribution >= 4 is 20.2 Å². The van der Waals surface area contributed by atoms with Crippen molar-refractivity contribution in [2.45, 2.75) is 165 Å². The van der Waals surface area contributed by atoms with Crippen LogP contribution in [0.1, 0.15) is 141 Å². The molecule has 0 radical (unpaired) electrons. The van der Waals surface area contributed by atoms with Gasteiger partial charge >= 0.3 is 0 Å². The van der Waals surface area contributed by atoms with Crippen molar-refractivity contribution in [3.8, 4) is 0 Å². The van der Waals surface area contributed by atoms with Gasteiger partial charge in [0.1, 0.15) is 0 Å². The van der Waals surface area contributed by atoms with Crippen molar-refractivity contribution in [3.05, 3.63) is 59.7 Å². The SMILES string of the molecule is CCCCCCCCCC[C@@H](COS(=O)(=O)c1ccc(C)cc1)OCCOCCOCCO[C@@H](CCCCCCCCCC)COS(=O)(=O)c1ccc(C)cc1. The maximum Gasteiger partial charge on any atom is 0.297 e. The van der Waals surface area contributed by atoms with E-state index >= 15 is 0 Å². The van der Waals surface area contributed by atoms with Crippen LogP contribution in [0, 0.1) is 13.8 Å². The van der Waals surface area contributed by atoms with Gasteiger partial charge in [-0.25, -0.2) is 0 Å². The van der Waals surface area contributed by atoms with Crippen LogP contribution in [0.3, 0.4) is 0 Å². The monoisotopic (exact) mass is 826 g/mol. The Bertz CT molecular complexity index is 1340. The molecule has 0 aromatic heterocycles. The summed E-state index contributed by atoms with van der Waals surface area (Å²) in [6, 6.07) is 13.3. The molecule has 0 amide bonds. The second-order valence-corrected chi connectivity index (χ2v) is 18.1. The van der Waals surface area contributed by atoms with Crippen LogP contribution >= 0.6 is 0 Å². The molecule has 0 bridgehead atoms. The van der Waals surface area contributed by atoms with Gasteiger partial charge in [-0.1, -0.05) is 152 Å². The maximum atomic E-state index is 12.8. The zero-order valence-corrected chi connectivity index (χ0v) is 36.7. The van der Waals surface area contributed by atoms with E-state index in [0.29, 0.717) is 52.5 Å². The number of ether oxygens (including phenoxy) is 4. The molecule has 0 fully saturated rings. The Morgan fingerprint density at radius 2 is 0.732 bits per heavy atom. The van der Waals surface area contributed by atoms with Crippen LogP contribution < -0.4 is 0 Å². The lowest BCUT2D eigenvalue weighted by Crippen LogP contribution is -2.25. The van der Waals surface area contributed by atoms with Gasteiger partial charge < -0.3 is 18.9 Å². The van der Waals surface area contributed by atoms with Gasteiger partial charge in [-0.2, -0.15) is 16.8 Å². The lowest BCUT2D eigenvalue weighted by atomic mass is 10.1. The summed E-state index contributed by atoms with van der Waals surface area (Å²) in [5.41, 5.74) is 1.96. The minimum Gasteiger partial charge on any atom is -0.377 e. The molecule has 0 N–H and O–H groups in total. The summed E-state index contributed by atoms with van der Waals surface area (Å²) in [5, 5.41) is 0. The van der Waals surface area contributed by atoms with E-state index in [4.69, 9.17) is 27.3 Å². The van der Waals surface area contributed by atoms with Crippen molar-refractivity contribution in [1.82, 2.24) is 0 Å². The molecule has 12 heteroatoms. The molecule has 0 saturated heterocycles. The zero-order chi connectivity index (χ0) is 40.7. The minimum atomic E-state index is -3.88. The van der Waals surface area contributed by atoms with E-state index in [1.807, 2.05) is 13.8 Å². The smallest absolute Gasteiger partial charge is 0.297 e. The predicted octanol–water partition coefficient (Wildman–Crippen LogP) is 10.3. The molecule has 2 aromatic rings. The minimum absolute atomic E-state index is 0.0429. The van der Waals surface area contributed by atoms with Crippen molar-refractivity contribution in [1.29, 1.82) is 0 Å². The van der Waals surface area contributed by atoms with Crippen molar-refractivity contribution in [3.63, 3.8) is 0 Å². The van der Waals surface area contributed by atoms with Gasteiger partial charge in [-0.15, -0.1) is 0 Å². The highest BCUT2D eigenvalue weighted by atomic mass is 32.2.